The molecule has 0 spiro atoms. The highest BCUT2D eigenvalue weighted by atomic mass is 19.3. The Morgan fingerprint density at radius 3 is 2.77 bits per heavy atom. The van der Waals surface area contributed by atoms with Gasteiger partial charge in [0.25, 0.3) is 11.8 Å². The van der Waals surface area contributed by atoms with Crippen LogP contribution in [-0.4, -0.2) is 72.2 Å². The number of anilines is 3. The van der Waals surface area contributed by atoms with Crippen molar-refractivity contribution in [3.8, 4) is 0 Å². The molecule has 1 aromatic heterocycles. The molecule has 0 bridgehead atoms. The second kappa shape index (κ2) is 8.27. The number of nitrogen functional groups attached to an aromatic ring is 1. The molecule has 2 fully saturated rings. The van der Waals surface area contributed by atoms with Crippen molar-refractivity contribution in [1.82, 2.24) is 15.1 Å². The normalized spacial score (nSPS) is 25.8. The molecule has 11 heteroatoms. The maximum Gasteiger partial charge on any atom is 0.276 e. The minimum absolute atomic E-state index is 0.0938. The van der Waals surface area contributed by atoms with Crippen LogP contribution in [0, 0.1) is 11.3 Å². The van der Waals surface area contributed by atoms with Crippen LogP contribution in [0.1, 0.15) is 35.6 Å². The molecule has 1 unspecified atom stereocenters. The zero-order chi connectivity index (χ0) is 25.1. The first-order chi connectivity index (χ1) is 16.5. The van der Waals surface area contributed by atoms with Crippen molar-refractivity contribution in [2.75, 3.05) is 49.3 Å². The van der Waals surface area contributed by atoms with Crippen LogP contribution in [0.3, 0.4) is 0 Å². The number of ether oxygens (including phenoxy) is 1. The molecular weight excluding hydrogens is 458 g/mol. The van der Waals surface area contributed by atoms with E-state index >= 15 is 0 Å². The number of rotatable bonds is 5. The van der Waals surface area contributed by atoms with Crippen LogP contribution in [0.15, 0.2) is 18.2 Å². The summed E-state index contributed by atoms with van der Waals surface area (Å²) >= 11 is 0. The van der Waals surface area contributed by atoms with Gasteiger partial charge in [-0.1, -0.05) is 6.92 Å². The summed E-state index contributed by atoms with van der Waals surface area (Å²) in [5.41, 5.74) is 7.43. The van der Waals surface area contributed by atoms with E-state index in [4.69, 9.17) is 10.5 Å². The third kappa shape index (κ3) is 3.77. The molecule has 188 valence electrons. The third-order valence-corrected chi connectivity index (χ3v) is 7.96. The molecule has 3 aliphatic rings. The molecule has 35 heavy (non-hydrogen) atoms. The largest absolute Gasteiger partial charge is 0.397 e. The average molecular weight is 489 g/mol. The van der Waals surface area contributed by atoms with Crippen LogP contribution in [0.25, 0.3) is 0 Å². The summed E-state index contributed by atoms with van der Waals surface area (Å²) in [7, 11) is 1.67. The van der Waals surface area contributed by atoms with Gasteiger partial charge < -0.3 is 20.7 Å². The molecule has 2 heterocycles. The Morgan fingerprint density at radius 2 is 2.06 bits per heavy atom. The van der Waals surface area contributed by atoms with Crippen molar-refractivity contribution in [3.63, 3.8) is 0 Å². The van der Waals surface area contributed by atoms with Gasteiger partial charge in [0, 0.05) is 54.8 Å². The number of nitrogens with one attached hydrogen (secondary N) is 2. The second-order valence-electron chi connectivity index (χ2n) is 9.95. The standard InChI is InChI=1S/C24H30F2N6O3/c1-13(32-6-8-35-9-7-32)22(34)31(3)14-4-5-16(27)17(10-14)28-21(33)20-15-11-19-23(2,24(19,25)26)12-18(15)29-30-20/h4-5,10,13,19H,6-9,11-12,27H2,1-3H3,(H,28,33)(H,29,30)/t13?,19-,23+/m0/s1. The molecular formula is C24H30F2N6O3. The number of carbonyl (C=O) groups is 2. The quantitative estimate of drug-likeness (QED) is 0.556. The maximum atomic E-state index is 14.2. The number of hydrogen-bond donors (Lipinski definition) is 3. The number of benzene rings is 1. The van der Waals surface area contributed by atoms with E-state index in [1.807, 2.05) is 6.92 Å². The summed E-state index contributed by atoms with van der Waals surface area (Å²) in [5.74, 6) is -4.15. The number of carbonyl (C=O) groups excluding carboxylic acids is 2. The predicted octanol–water partition coefficient (Wildman–Crippen LogP) is 2.30. The Kier molecular flexibility index (Phi) is 5.59. The fourth-order valence-electron chi connectivity index (χ4n) is 5.37. The monoisotopic (exact) mass is 488 g/mol. The maximum absolute atomic E-state index is 14.2. The van der Waals surface area contributed by atoms with Gasteiger partial charge >= 0.3 is 0 Å². The van der Waals surface area contributed by atoms with E-state index in [-0.39, 0.29) is 30.5 Å². The summed E-state index contributed by atoms with van der Waals surface area (Å²) in [6, 6.07) is 4.62. The van der Waals surface area contributed by atoms with Gasteiger partial charge in [0.05, 0.1) is 30.6 Å². The minimum atomic E-state index is -2.74. The molecule has 1 aliphatic heterocycles. The first kappa shape index (κ1) is 23.7. The van der Waals surface area contributed by atoms with Gasteiger partial charge in [-0.15, -0.1) is 0 Å². The Hall–Kier alpha value is -3.05. The Morgan fingerprint density at radius 1 is 1.34 bits per heavy atom. The highest BCUT2D eigenvalue weighted by molar-refractivity contribution is 6.06. The number of H-pyrrole nitrogens is 1. The van der Waals surface area contributed by atoms with E-state index in [0.717, 1.165) is 0 Å². The lowest BCUT2D eigenvalue weighted by atomic mass is 9.87. The zero-order valence-electron chi connectivity index (χ0n) is 20.0. The van der Waals surface area contributed by atoms with Gasteiger partial charge in [0.15, 0.2) is 5.69 Å². The number of alkyl halides is 2. The van der Waals surface area contributed by atoms with Gasteiger partial charge in [-0.3, -0.25) is 19.6 Å². The molecule has 2 amide bonds. The zero-order valence-corrected chi connectivity index (χ0v) is 20.0. The molecule has 3 atom stereocenters. The Bertz CT molecular complexity index is 1180. The van der Waals surface area contributed by atoms with Gasteiger partial charge in [-0.25, -0.2) is 8.78 Å². The lowest BCUT2D eigenvalue weighted by Crippen LogP contribution is -2.50. The predicted molar refractivity (Wildman–Crippen MR) is 127 cm³/mol. The number of amides is 2. The summed E-state index contributed by atoms with van der Waals surface area (Å²) in [6.45, 7) is 5.99. The number of fused-ring (bicyclic) bond motifs is 2. The van der Waals surface area contributed by atoms with Crippen LogP contribution in [0.4, 0.5) is 25.8 Å². The van der Waals surface area contributed by atoms with Gasteiger partial charge in [0.2, 0.25) is 5.91 Å². The molecule has 1 saturated heterocycles. The molecule has 9 nitrogen and oxygen atoms in total. The number of aromatic nitrogens is 2. The fourth-order valence-corrected chi connectivity index (χ4v) is 5.37. The molecule has 2 aliphatic carbocycles. The van der Waals surface area contributed by atoms with Gasteiger partial charge in [-0.2, -0.15) is 5.10 Å². The van der Waals surface area contributed by atoms with Crippen molar-refractivity contribution in [3.05, 3.63) is 35.2 Å². The van der Waals surface area contributed by atoms with Crippen molar-refractivity contribution >= 4 is 28.9 Å². The van der Waals surface area contributed by atoms with Crippen LogP contribution < -0.4 is 16.0 Å². The molecule has 5 rings (SSSR count). The number of morpholine rings is 1. The number of nitrogens with zero attached hydrogens (tertiary/aromatic N) is 3. The number of likely N-dealkylation sites (N-methyl/N-ethyl adjacent to an activating group) is 1. The smallest absolute Gasteiger partial charge is 0.276 e. The third-order valence-electron chi connectivity index (χ3n) is 7.96. The van der Waals surface area contributed by atoms with Crippen LogP contribution in [-0.2, 0) is 22.4 Å². The number of aromatic amines is 1. The molecule has 1 aromatic carbocycles. The number of halogens is 2. The van der Waals surface area contributed by atoms with Gasteiger partial charge in [0.1, 0.15) is 0 Å². The van der Waals surface area contributed by atoms with Gasteiger partial charge in [-0.05, 0) is 31.5 Å². The van der Waals surface area contributed by atoms with Crippen molar-refractivity contribution in [2.45, 2.75) is 38.7 Å². The second-order valence-corrected chi connectivity index (χ2v) is 9.95. The molecule has 2 aromatic rings. The Labute approximate surface area is 202 Å². The molecule has 0 radical (unpaired) electrons. The van der Waals surface area contributed by atoms with Crippen molar-refractivity contribution in [2.24, 2.45) is 11.3 Å². The number of hydrogen-bond acceptors (Lipinski definition) is 6. The fraction of sp³-hybridized carbons (Fsp3) is 0.542. The first-order valence-electron chi connectivity index (χ1n) is 11.8. The minimum Gasteiger partial charge on any atom is -0.397 e. The van der Waals surface area contributed by atoms with E-state index in [1.165, 1.54) is 4.90 Å². The van der Waals surface area contributed by atoms with E-state index in [9.17, 15) is 18.4 Å². The van der Waals surface area contributed by atoms with Crippen LogP contribution in [0.2, 0.25) is 0 Å². The highest BCUT2D eigenvalue weighted by Crippen LogP contribution is 2.70. The first-order valence-corrected chi connectivity index (χ1v) is 11.8. The van der Waals surface area contributed by atoms with Crippen molar-refractivity contribution < 1.29 is 23.1 Å². The van der Waals surface area contributed by atoms with Crippen LogP contribution in [0.5, 0.6) is 0 Å². The molecule has 1 saturated carbocycles. The van der Waals surface area contributed by atoms with E-state index in [2.05, 4.69) is 20.4 Å². The highest BCUT2D eigenvalue weighted by Gasteiger charge is 2.78. The SMILES string of the molecule is CC(C(=O)N(C)c1ccc(N)c(NC(=O)c2n[nH]c3c2C[C@@H]2C(F)(F)[C@]2(C)C3)c1)N1CCOCC1. The average Bonchev–Trinajstić information content (AvgIpc) is 3.11. The summed E-state index contributed by atoms with van der Waals surface area (Å²) in [4.78, 5) is 29.7. The summed E-state index contributed by atoms with van der Waals surface area (Å²) in [5, 5.41) is 9.64. The topological polar surface area (TPSA) is 117 Å². The van der Waals surface area contributed by atoms with E-state index in [1.54, 1.807) is 32.2 Å². The summed E-state index contributed by atoms with van der Waals surface area (Å²) < 4.78 is 33.8. The van der Waals surface area contributed by atoms with E-state index < -0.39 is 23.2 Å². The lowest BCUT2D eigenvalue weighted by Gasteiger charge is -2.33. The number of nitrogens with two attached hydrogens (primary N) is 1. The molecule has 4 N–H and O–H groups in total. The summed E-state index contributed by atoms with van der Waals surface area (Å²) in [6.07, 6.45) is 0.260. The van der Waals surface area contributed by atoms with Crippen molar-refractivity contribution in [1.29, 1.82) is 0 Å². The Balaban J connectivity index is 1.31. The van der Waals surface area contributed by atoms with E-state index in [0.29, 0.717) is 54.6 Å². The van der Waals surface area contributed by atoms with Crippen LogP contribution >= 0.6 is 0 Å². The lowest BCUT2D eigenvalue weighted by molar-refractivity contribution is -0.124.